The van der Waals surface area contributed by atoms with Crippen LogP contribution in [-0.4, -0.2) is 22.9 Å². The fraction of sp³-hybridized carbons (Fsp3) is 0.100. The van der Waals surface area contributed by atoms with Gasteiger partial charge in [-0.15, -0.1) is 11.3 Å². The molecule has 4 aromatic rings. The smallest absolute Gasteiger partial charge is 0.270 e. The minimum absolute atomic E-state index is 0.0116. The number of nitrogens with one attached hydrogen (secondary N) is 1. The molecular weight excluding hydrogens is 410 g/mol. The molecule has 0 saturated carbocycles. The standard InChI is InChI=1S/C20H15N3O4S2/c1-11-6-9-16(28-11)19(24)22-20-21-17-15(27-2)8-7-14(18(17)29-20)12-4-3-5-13(10-12)23(25)26/h3-10H,1-2H3,(H,21,22,24). The van der Waals surface area contributed by atoms with Crippen LogP contribution in [0.4, 0.5) is 10.8 Å². The number of thiophene rings is 1. The van der Waals surface area contributed by atoms with Gasteiger partial charge in [0.15, 0.2) is 5.13 Å². The zero-order valence-electron chi connectivity index (χ0n) is 15.5. The van der Waals surface area contributed by atoms with Crippen LogP contribution in [0.2, 0.25) is 0 Å². The number of nitrogens with zero attached hydrogens (tertiary/aromatic N) is 2. The van der Waals surface area contributed by atoms with Crippen molar-refractivity contribution in [3.8, 4) is 16.9 Å². The largest absolute Gasteiger partial charge is 0.494 e. The van der Waals surface area contributed by atoms with Crippen LogP contribution in [0.25, 0.3) is 21.3 Å². The molecule has 0 aliphatic carbocycles. The average Bonchev–Trinajstić information content (AvgIpc) is 3.33. The van der Waals surface area contributed by atoms with Gasteiger partial charge in [0.05, 0.1) is 21.6 Å². The molecule has 0 atom stereocenters. The number of aryl methyl sites for hydroxylation is 1. The van der Waals surface area contributed by atoms with Crippen molar-refractivity contribution in [2.45, 2.75) is 6.92 Å². The minimum Gasteiger partial charge on any atom is -0.494 e. The first-order valence-electron chi connectivity index (χ1n) is 8.56. The van der Waals surface area contributed by atoms with E-state index < -0.39 is 4.92 Å². The lowest BCUT2D eigenvalue weighted by Crippen LogP contribution is -2.09. The summed E-state index contributed by atoms with van der Waals surface area (Å²) in [5, 5.41) is 14.4. The lowest BCUT2D eigenvalue weighted by atomic mass is 10.0. The number of carbonyl (C=O) groups is 1. The number of nitro benzene ring substituents is 1. The van der Waals surface area contributed by atoms with Gasteiger partial charge in [-0.05, 0) is 36.8 Å². The second-order valence-corrected chi connectivity index (χ2v) is 8.47. The molecule has 0 bridgehead atoms. The van der Waals surface area contributed by atoms with Crippen LogP contribution in [0, 0.1) is 17.0 Å². The van der Waals surface area contributed by atoms with Crippen LogP contribution in [-0.2, 0) is 0 Å². The van der Waals surface area contributed by atoms with Crippen LogP contribution in [0.15, 0.2) is 48.5 Å². The molecule has 9 heteroatoms. The third-order valence-electron chi connectivity index (χ3n) is 4.28. The van der Waals surface area contributed by atoms with Gasteiger partial charge in [-0.3, -0.25) is 20.2 Å². The summed E-state index contributed by atoms with van der Waals surface area (Å²) in [7, 11) is 1.55. The van der Waals surface area contributed by atoms with Gasteiger partial charge < -0.3 is 4.74 Å². The van der Waals surface area contributed by atoms with Gasteiger partial charge in [-0.25, -0.2) is 4.98 Å². The Morgan fingerprint density at radius 1 is 1.17 bits per heavy atom. The molecule has 4 rings (SSSR count). The van der Waals surface area contributed by atoms with Crippen LogP contribution < -0.4 is 10.1 Å². The second kappa shape index (κ2) is 7.61. The topological polar surface area (TPSA) is 94.4 Å². The molecule has 146 valence electrons. The van der Waals surface area contributed by atoms with Gasteiger partial charge in [0.1, 0.15) is 11.3 Å². The lowest BCUT2D eigenvalue weighted by Gasteiger charge is -2.06. The van der Waals surface area contributed by atoms with E-state index in [4.69, 9.17) is 4.74 Å². The number of ether oxygens (including phenoxy) is 1. The Morgan fingerprint density at radius 3 is 2.69 bits per heavy atom. The summed E-state index contributed by atoms with van der Waals surface area (Å²) >= 11 is 2.71. The number of aromatic nitrogens is 1. The van der Waals surface area contributed by atoms with Crippen molar-refractivity contribution in [1.29, 1.82) is 0 Å². The zero-order valence-corrected chi connectivity index (χ0v) is 17.1. The van der Waals surface area contributed by atoms with Gasteiger partial charge in [-0.2, -0.15) is 0 Å². The van der Waals surface area contributed by atoms with E-state index in [1.807, 2.05) is 19.1 Å². The van der Waals surface area contributed by atoms with E-state index in [0.29, 0.717) is 26.8 Å². The number of thiazole rings is 1. The third-order valence-corrected chi connectivity index (χ3v) is 6.28. The number of hydrogen-bond donors (Lipinski definition) is 1. The maximum Gasteiger partial charge on any atom is 0.270 e. The number of benzene rings is 2. The summed E-state index contributed by atoms with van der Waals surface area (Å²) in [5.41, 5.74) is 2.09. The van der Waals surface area contributed by atoms with Crippen molar-refractivity contribution in [1.82, 2.24) is 4.98 Å². The van der Waals surface area contributed by atoms with Crippen molar-refractivity contribution >= 4 is 49.6 Å². The molecule has 0 aliphatic rings. The van der Waals surface area contributed by atoms with Gasteiger partial charge >= 0.3 is 0 Å². The molecule has 0 unspecified atom stereocenters. The first-order chi connectivity index (χ1) is 14.0. The Labute approximate surface area is 173 Å². The number of nitro groups is 1. The van der Waals surface area contributed by atoms with E-state index in [1.54, 1.807) is 31.4 Å². The predicted octanol–water partition coefficient (Wildman–Crippen LogP) is 5.50. The normalized spacial score (nSPS) is 10.8. The van der Waals surface area contributed by atoms with E-state index in [0.717, 1.165) is 15.1 Å². The van der Waals surface area contributed by atoms with E-state index >= 15 is 0 Å². The van der Waals surface area contributed by atoms with Gasteiger partial charge in [-0.1, -0.05) is 23.5 Å². The maximum atomic E-state index is 12.5. The molecule has 29 heavy (non-hydrogen) atoms. The van der Waals surface area contributed by atoms with Crippen LogP contribution in [0.3, 0.4) is 0 Å². The molecule has 2 aromatic heterocycles. The Bertz CT molecular complexity index is 1250. The van der Waals surface area contributed by atoms with Crippen molar-refractivity contribution in [2.24, 2.45) is 0 Å². The number of rotatable bonds is 5. The van der Waals surface area contributed by atoms with Gasteiger partial charge in [0, 0.05) is 22.6 Å². The zero-order chi connectivity index (χ0) is 20.5. The van der Waals surface area contributed by atoms with E-state index in [9.17, 15) is 14.9 Å². The Morgan fingerprint density at radius 2 is 2.00 bits per heavy atom. The van der Waals surface area contributed by atoms with Crippen LogP contribution in [0.1, 0.15) is 14.5 Å². The highest BCUT2D eigenvalue weighted by Gasteiger charge is 2.18. The first kappa shape index (κ1) is 19.0. The first-order valence-corrected chi connectivity index (χ1v) is 10.2. The Balaban J connectivity index is 1.78. The number of non-ortho nitro benzene ring substituents is 1. The van der Waals surface area contributed by atoms with Gasteiger partial charge in [0.25, 0.3) is 11.6 Å². The SMILES string of the molecule is COc1ccc(-c2cccc([N+](=O)[O-])c2)c2sc(NC(=O)c3ccc(C)s3)nc12. The molecule has 0 aliphatic heterocycles. The Hall–Kier alpha value is -3.30. The molecule has 2 heterocycles. The van der Waals surface area contributed by atoms with E-state index in [-0.39, 0.29) is 11.6 Å². The average molecular weight is 425 g/mol. The summed E-state index contributed by atoms with van der Waals surface area (Å²) in [5.74, 6) is 0.343. The van der Waals surface area contributed by atoms with E-state index in [2.05, 4.69) is 10.3 Å². The number of methoxy groups -OCH3 is 1. The van der Waals surface area contributed by atoms with E-state index in [1.165, 1.54) is 34.8 Å². The van der Waals surface area contributed by atoms with Crippen molar-refractivity contribution in [3.05, 3.63) is 68.4 Å². The molecule has 2 aromatic carbocycles. The number of anilines is 1. The van der Waals surface area contributed by atoms with Crippen molar-refractivity contribution < 1.29 is 14.5 Å². The number of carbonyl (C=O) groups excluding carboxylic acids is 1. The predicted molar refractivity (Wildman–Crippen MR) is 115 cm³/mol. The molecule has 0 saturated heterocycles. The highest BCUT2D eigenvalue weighted by atomic mass is 32.1. The molecular formula is C20H15N3O4S2. The highest BCUT2D eigenvalue weighted by molar-refractivity contribution is 7.23. The third kappa shape index (κ3) is 3.69. The number of fused-ring (bicyclic) bond motifs is 1. The second-order valence-electron chi connectivity index (χ2n) is 6.18. The fourth-order valence-electron chi connectivity index (χ4n) is 2.93. The molecule has 1 N–H and O–H groups in total. The minimum atomic E-state index is -0.425. The summed E-state index contributed by atoms with van der Waals surface area (Å²) in [6.07, 6.45) is 0. The van der Waals surface area contributed by atoms with Crippen LogP contribution >= 0.6 is 22.7 Å². The lowest BCUT2D eigenvalue weighted by molar-refractivity contribution is -0.384. The molecule has 1 amide bonds. The summed E-state index contributed by atoms with van der Waals surface area (Å²) in [4.78, 5) is 29.4. The molecule has 0 radical (unpaired) electrons. The van der Waals surface area contributed by atoms with Crippen molar-refractivity contribution in [2.75, 3.05) is 12.4 Å². The summed E-state index contributed by atoms with van der Waals surface area (Å²) < 4.78 is 6.19. The fourth-order valence-corrected chi connectivity index (χ4v) is 4.71. The summed E-state index contributed by atoms with van der Waals surface area (Å²) in [6, 6.07) is 13.7. The quantitative estimate of drug-likeness (QED) is 0.336. The van der Waals surface area contributed by atoms with Gasteiger partial charge in [0.2, 0.25) is 0 Å². The molecule has 0 spiro atoms. The maximum absolute atomic E-state index is 12.5. The molecule has 0 fully saturated rings. The number of hydrogen-bond acceptors (Lipinski definition) is 7. The highest BCUT2D eigenvalue weighted by Crippen LogP contribution is 2.40. The monoisotopic (exact) mass is 425 g/mol. The number of amides is 1. The van der Waals surface area contributed by atoms with Crippen molar-refractivity contribution in [3.63, 3.8) is 0 Å². The molecule has 7 nitrogen and oxygen atoms in total. The summed E-state index contributed by atoms with van der Waals surface area (Å²) in [6.45, 7) is 1.94. The van der Waals surface area contributed by atoms with Crippen LogP contribution in [0.5, 0.6) is 5.75 Å². The Kier molecular flexibility index (Phi) is 4.99.